The van der Waals surface area contributed by atoms with Gasteiger partial charge >= 0.3 is 11.9 Å². The minimum absolute atomic E-state index is 0.0345. The third kappa shape index (κ3) is 8.20. The van der Waals surface area contributed by atoms with Crippen molar-refractivity contribution in [2.45, 2.75) is 0 Å². The van der Waals surface area contributed by atoms with E-state index >= 15 is 0 Å². The zero-order valence-electron chi connectivity index (χ0n) is 25.1. The van der Waals surface area contributed by atoms with Crippen LogP contribution in [0, 0.1) is 5.53 Å². The standard InChI is InChI=1S/C30H21Cl6N7O8/c31-14-1-12(20(44)3-10(14)17(37)6-39-8-22(46)47)27(50)19-5-16(33)30(36)43(19)26-24(34)29(35)41-25(26)28(51)13-2-15(32)11(4-21(13)45)18(42-38)7-40-9-23(48)49/h1-7,38-41,44-45H,8-9,37H2,(H,46,47)(H,48,49)/b17-6-,18-7-,42-38?. The molecule has 0 saturated carbocycles. The number of aliphatic carboxylic acids is 2. The molecule has 0 aliphatic rings. The van der Waals surface area contributed by atoms with Crippen LogP contribution < -0.4 is 16.4 Å². The van der Waals surface area contributed by atoms with Crippen LogP contribution in [-0.4, -0.2) is 66.6 Å². The highest BCUT2D eigenvalue weighted by molar-refractivity contribution is 6.45. The largest absolute Gasteiger partial charge is 0.507 e. The van der Waals surface area contributed by atoms with Crippen molar-refractivity contribution in [2.24, 2.45) is 10.8 Å². The van der Waals surface area contributed by atoms with E-state index in [-0.39, 0.29) is 69.9 Å². The first kappa shape index (κ1) is 38.9. The van der Waals surface area contributed by atoms with Crippen LogP contribution in [0.5, 0.6) is 11.5 Å². The lowest BCUT2D eigenvalue weighted by atomic mass is 10.0. The van der Waals surface area contributed by atoms with E-state index in [1.165, 1.54) is 0 Å². The summed E-state index contributed by atoms with van der Waals surface area (Å²) in [7, 11) is 0. The van der Waals surface area contributed by atoms with Crippen LogP contribution in [0.4, 0.5) is 0 Å². The van der Waals surface area contributed by atoms with Crippen molar-refractivity contribution in [3.63, 3.8) is 0 Å². The molecule has 51 heavy (non-hydrogen) atoms. The Bertz CT molecular complexity index is 2200. The first-order valence-corrected chi connectivity index (χ1v) is 16.0. The number of aromatic nitrogens is 2. The number of ketones is 2. The van der Waals surface area contributed by atoms with Crippen molar-refractivity contribution in [3.8, 4) is 17.2 Å². The molecule has 2 aromatic heterocycles. The summed E-state index contributed by atoms with van der Waals surface area (Å²) in [5.74, 6) is -5.49. The molecule has 0 aliphatic heterocycles. The number of carboxylic acid groups (broad SMARTS) is 2. The lowest BCUT2D eigenvalue weighted by Gasteiger charge is -2.14. The van der Waals surface area contributed by atoms with Crippen molar-refractivity contribution in [3.05, 3.63) is 107 Å². The van der Waals surface area contributed by atoms with Gasteiger partial charge in [-0.25, -0.2) is 5.53 Å². The van der Waals surface area contributed by atoms with E-state index in [0.29, 0.717) is 0 Å². The number of phenolic OH excluding ortho intramolecular Hbond substituents is 2. The molecule has 0 radical (unpaired) electrons. The van der Waals surface area contributed by atoms with Crippen molar-refractivity contribution >= 4 is 105 Å². The second kappa shape index (κ2) is 16.0. The molecular weight excluding hydrogens is 799 g/mol. The maximum absolute atomic E-state index is 14.0. The van der Waals surface area contributed by atoms with Gasteiger partial charge in [0.1, 0.15) is 51.3 Å². The molecule has 2 heterocycles. The summed E-state index contributed by atoms with van der Waals surface area (Å²) in [6.45, 7) is -0.966. The number of rotatable bonds is 14. The zero-order chi connectivity index (χ0) is 37.9. The third-order valence-electron chi connectivity index (χ3n) is 6.82. The maximum Gasteiger partial charge on any atom is 0.322 e. The average molecular weight is 820 g/mol. The molecule has 0 aliphatic carbocycles. The Hall–Kier alpha value is -4.90. The Morgan fingerprint density at radius 3 is 1.88 bits per heavy atom. The van der Waals surface area contributed by atoms with Gasteiger partial charge in [-0.15, -0.1) is 0 Å². The average Bonchev–Trinajstić information content (AvgIpc) is 3.52. The van der Waals surface area contributed by atoms with Gasteiger partial charge in [-0.3, -0.25) is 23.7 Å². The second-order valence-corrected chi connectivity index (χ2v) is 12.5. The fraction of sp³-hybridized carbons (Fsp3) is 0.0667. The van der Waals surface area contributed by atoms with Gasteiger partial charge in [0.2, 0.25) is 11.6 Å². The molecule has 0 saturated heterocycles. The Kier molecular flexibility index (Phi) is 12.2. The summed E-state index contributed by atoms with van der Waals surface area (Å²) in [5, 5.41) is 46.2. The molecule has 0 amide bonds. The van der Waals surface area contributed by atoms with E-state index in [0.717, 1.165) is 47.3 Å². The number of phenols is 2. The van der Waals surface area contributed by atoms with Gasteiger partial charge in [0.05, 0.1) is 43.3 Å². The normalized spacial score (nSPS) is 11.7. The van der Waals surface area contributed by atoms with E-state index in [1.54, 1.807) is 0 Å². The number of benzene rings is 2. The fourth-order valence-corrected chi connectivity index (χ4v) is 5.92. The van der Waals surface area contributed by atoms with Crippen molar-refractivity contribution < 1.29 is 39.6 Å². The van der Waals surface area contributed by atoms with E-state index in [2.05, 4.69) is 20.7 Å². The number of hydrogen-bond donors (Lipinski definition) is 9. The topological polar surface area (TPSA) is 256 Å². The van der Waals surface area contributed by atoms with Crippen LogP contribution in [0.3, 0.4) is 0 Å². The fourth-order valence-electron chi connectivity index (χ4n) is 4.56. The summed E-state index contributed by atoms with van der Waals surface area (Å²) in [5.41, 5.74) is 11.4. The third-order valence-corrected chi connectivity index (χ3v) is 8.95. The molecule has 4 aromatic rings. The maximum atomic E-state index is 14.0. The van der Waals surface area contributed by atoms with Gasteiger partial charge in [0.15, 0.2) is 0 Å². The molecular formula is C30H21Cl6N7O8. The van der Waals surface area contributed by atoms with Crippen LogP contribution >= 0.6 is 69.6 Å². The van der Waals surface area contributed by atoms with Crippen molar-refractivity contribution in [1.29, 1.82) is 5.53 Å². The van der Waals surface area contributed by atoms with E-state index in [4.69, 9.17) is 91.1 Å². The van der Waals surface area contributed by atoms with Crippen LogP contribution in [0.25, 0.3) is 17.1 Å². The minimum atomic E-state index is -1.20. The van der Waals surface area contributed by atoms with Gasteiger partial charge in [-0.2, -0.15) is 5.11 Å². The Morgan fingerprint density at radius 2 is 1.31 bits per heavy atom. The van der Waals surface area contributed by atoms with Crippen molar-refractivity contribution in [1.82, 2.24) is 20.2 Å². The molecule has 266 valence electrons. The summed E-state index contributed by atoms with van der Waals surface area (Å²) in [6, 6.07) is 5.36. The van der Waals surface area contributed by atoms with Gasteiger partial charge in [0.25, 0.3) is 0 Å². The minimum Gasteiger partial charge on any atom is -0.507 e. The molecule has 15 nitrogen and oxygen atoms in total. The number of H-pyrrole nitrogens is 1. The van der Waals surface area contributed by atoms with Crippen LogP contribution in [0.15, 0.2) is 47.8 Å². The molecule has 0 unspecified atom stereocenters. The SMILES string of the molecule is N=N/C(=C\NCC(=O)O)c1cc(O)c(C(=O)c2[nH]c(Cl)c(Cl)c2-n2c(C(=O)c3cc(Cl)c(/C(N)=C/NCC(=O)O)cc3O)cc(Cl)c2Cl)cc1Cl. The van der Waals surface area contributed by atoms with E-state index < -0.39 is 59.4 Å². The first-order chi connectivity index (χ1) is 24.0. The smallest absolute Gasteiger partial charge is 0.322 e. The molecule has 0 spiro atoms. The number of carbonyl (C=O) groups is 4. The van der Waals surface area contributed by atoms with Crippen LogP contribution in [0.1, 0.15) is 43.2 Å². The predicted molar refractivity (Wildman–Crippen MR) is 190 cm³/mol. The van der Waals surface area contributed by atoms with Gasteiger partial charge in [-0.05, 0) is 30.3 Å². The Morgan fingerprint density at radius 1 is 0.784 bits per heavy atom. The Labute approximate surface area is 316 Å². The monoisotopic (exact) mass is 817 g/mol. The zero-order valence-corrected chi connectivity index (χ0v) is 29.7. The number of aromatic hydroxyl groups is 2. The number of nitrogens with two attached hydrogens (primary N) is 1. The molecule has 21 heteroatoms. The highest BCUT2D eigenvalue weighted by Crippen LogP contribution is 2.42. The summed E-state index contributed by atoms with van der Waals surface area (Å²) < 4.78 is 0.983. The Balaban J connectivity index is 1.81. The number of nitrogens with one attached hydrogen (secondary N) is 4. The summed E-state index contributed by atoms with van der Waals surface area (Å²) >= 11 is 38.4. The number of aromatic amines is 1. The van der Waals surface area contributed by atoms with E-state index in [1.807, 2.05) is 0 Å². The summed E-state index contributed by atoms with van der Waals surface area (Å²) in [4.78, 5) is 52.1. The lowest BCUT2D eigenvalue weighted by molar-refractivity contribution is -0.136. The number of carboxylic acids is 2. The van der Waals surface area contributed by atoms with Crippen LogP contribution in [0.2, 0.25) is 30.4 Å². The quantitative estimate of drug-likeness (QED) is 0.0488. The molecule has 10 N–H and O–H groups in total. The summed E-state index contributed by atoms with van der Waals surface area (Å²) in [6.07, 6.45) is 2.22. The molecule has 2 aromatic carbocycles. The van der Waals surface area contributed by atoms with Gasteiger partial charge < -0.3 is 41.8 Å². The molecule has 0 bridgehead atoms. The second-order valence-electron chi connectivity index (χ2n) is 10.1. The van der Waals surface area contributed by atoms with E-state index in [9.17, 15) is 29.4 Å². The molecule has 4 rings (SSSR count). The number of nitrogens with zero attached hydrogens (tertiary/aromatic N) is 2. The number of halogens is 6. The number of hydrogen-bond acceptors (Lipinski definition) is 11. The highest BCUT2D eigenvalue weighted by atomic mass is 35.5. The van der Waals surface area contributed by atoms with Gasteiger partial charge in [0, 0.05) is 23.5 Å². The number of carbonyl (C=O) groups excluding carboxylic acids is 2. The lowest BCUT2D eigenvalue weighted by Crippen LogP contribution is -2.18. The van der Waals surface area contributed by atoms with Gasteiger partial charge in [-0.1, -0.05) is 69.6 Å². The van der Waals surface area contributed by atoms with Crippen LogP contribution in [-0.2, 0) is 9.59 Å². The van der Waals surface area contributed by atoms with Crippen molar-refractivity contribution in [2.75, 3.05) is 13.1 Å². The molecule has 0 atom stereocenters. The first-order valence-electron chi connectivity index (χ1n) is 13.7. The highest BCUT2D eigenvalue weighted by Gasteiger charge is 2.32. The molecule has 0 fully saturated rings. The predicted octanol–water partition coefficient (Wildman–Crippen LogP) is 6.53.